The van der Waals surface area contributed by atoms with Crippen LogP contribution in [0.3, 0.4) is 0 Å². The summed E-state index contributed by atoms with van der Waals surface area (Å²) in [6.07, 6.45) is 9.38. The minimum absolute atomic E-state index is 0.0659. The molecule has 10 heteroatoms. The molecule has 1 saturated heterocycles. The lowest BCUT2D eigenvalue weighted by Gasteiger charge is -2.40. The quantitative estimate of drug-likeness (QED) is 0.158. The Morgan fingerprint density at radius 3 is 2.45 bits per heavy atom. The highest BCUT2D eigenvalue weighted by molar-refractivity contribution is 7.99. The Morgan fingerprint density at radius 2 is 1.86 bits per heavy atom. The van der Waals surface area contributed by atoms with Gasteiger partial charge in [0, 0.05) is 40.2 Å². The second-order valence-electron chi connectivity index (χ2n) is 13.1. The minimum atomic E-state index is -0.992. The van der Waals surface area contributed by atoms with Gasteiger partial charge in [-0.1, -0.05) is 54.4 Å². The first-order valence-corrected chi connectivity index (χ1v) is 17.7. The van der Waals surface area contributed by atoms with Gasteiger partial charge in [0.2, 0.25) is 0 Å². The lowest BCUT2D eigenvalue weighted by Crippen LogP contribution is -2.46. The van der Waals surface area contributed by atoms with Gasteiger partial charge in [0.15, 0.2) is 0 Å². The number of carbonyl (C=O) groups is 1. The standard InChI is InChI=1S/C35H36ClFN2O4S.C4H10O/c1-6-8-9-22(7-2)29-19-43-13-12-38(29)25-14-23-18-39(44-5)35-20(3)27(17-31(41)42)32(26-11-10-24(36)15-30(26)40)21(4)33(35)34(23)28(37)16-25;1-4(2,3)5/h6-11,14-16,29,40H,1,12-13,17-19H2,2-5H3,(H,41,42);5H,1-3H3/b9-8-,22-7+;. The smallest absolute Gasteiger partial charge is 0.307 e. The summed E-state index contributed by atoms with van der Waals surface area (Å²) in [6.45, 7) is 16.8. The fourth-order valence-electron chi connectivity index (χ4n) is 6.49. The molecule has 0 aromatic heterocycles. The number of ether oxygens (including phenoxy) is 1. The van der Waals surface area contributed by atoms with Crippen LogP contribution in [0.5, 0.6) is 5.75 Å². The van der Waals surface area contributed by atoms with Crippen LogP contribution in [0.1, 0.15) is 49.9 Å². The van der Waals surface area contributed by atoms with Crippen molar-refractivity contribution in [2.24, 2.45) is 0 Å². The zero-order valence-electron chi connectivity index (χ0n) is 29.2. The molecule has 1 fully saturated rings. The Morgan fingerprint density at radius 1 is 1.16 bits per heavy atom. The number of hydrogen-bond donors (Lipinski definition) is 3. The molecule has 2 heterocycles. The highest BCUT2D eigenvalue weighted by Gasteiger charge is 2.34. The number of phenolic OH excluding ortho intramolecular Hbond substituents is 1. The van der Waals surface area contributed by atoms with E-state index >= 15 is 4.39 Å². The summed E-state index contributed by atoms with van der Waals surface area (Å²) in [5, 5.41) is 29.7. The van der Waals surface area contributed by atoms with Crippen molar-refractivity contribution in [3.05, 3.63) is 99.9 Å². The van der Waals surface area contributed by atoms with E-state index in [2.05, 4.69) is 21.9 Å². The third kappa shape index (κ3) is 8.52. The van der Waals surface area contributed by atoms with E-state index in [1.165, 1.54) is 18.0 Å². The van der Waals surface area contributed by atoms with E-state index in [1.807, 2.05) is 45.3 Å². The number of hydrogen-bond acceptors (Lipinski definition) is 7. The summed E-state index contributed by atoms with van der Waals surface area (Å²) in [4.78, 5) is 14.3. The number of fused-ring (bicyclic) bond motifs is 3. The molecule has 0 bridgehead atoms. The molecule has 7 nitrogen and oxygen atoms in total. The highest BCUT2D eigenvalue weighted by Crippen LogP contribution is 2.52. The van der Waals surface area contributed by atoms with E-state index in [4.69, 9.17) is 21.4 Å². The van der Waals surface area contributed by atoms with Crippen LogP contribution >= 0.6 is 23.5 Å². The molecule has 1 atom stereocenters. The van der Waals surface area contributed by atoms with Gasteiger partial charge >= 0.3 is 5.97 Å². The van der Waals surface area contributed by atoms with Crippen LogP contribution in [-0.2, 0) is 22.5 Å². The molecule has 2 aliphatic heterocycles. The molecule has 262 valence electrons. The number of benzene rings is 3. The third-order valence-electron chi connectivity index (χ3n) is 8.45. The molecule has 1 unspecified atom stereocenters. The lowest BCUT2D eigenvalue weighted by atomic mass is 9.80. The summed E-state index contributed by atoms with van der Waals surface area (Å²) in [7, 11) is 0. The van der Waals surface area contributed by atoms with Crippen LogP contribution in [0.25, 0.3) is 22.3 Å². The molecular formula is C39H46ClFN2O5S. The maximum absolute atomic E-state index is 16.6. The number of carboxylic acids is 1. The van der Waals surface area contributed by atoms with Crippen molar-refractivity contribution in [1.82, 2.24) is 0 Å². The van der Waals surface area contributed by atoms with Crippen LogP contribution in [0, 0.1) is 19.7 Å². The number of carboxylic acid groups (broad SMARTS) is 1. The van der Waals surface area contributed by atoms with E-state index in [0.29, 0.717) is 64.7 Å². The molecular weight excluding hydrogens is 663 g/mol. The summed E-state index contributed by atoms with van der Waals surface area (Å²) in [5.74, 6) is -1.41. The Hall–Kier alpha value is -3.76. The Labute approximate surface area is 298 Å². The molecule has 3 aromatic rings. The topological polar surface area (TPSA) is 93.5 Å². The number of nitrogens with zero attached hydrogens (tertiary/aromatic N) is 2. The SMILES string of the molecule is C=C/C=C\C(=C/C)C1COCCN1c1cc(F)c2c(c1)CN(SC)c1c(C)c(CC(=O)O)c(-c3ccc(Cl)cc3O)c(C)c1-2.CC(C)(C)O. The number of allylic oxidation sites excluding steroid dienone is 3. The van der Waals surface area contributed by atoms with Crippen molar-refractivity contribution in [2.45, 2.75) is 66.2 Å². The molecule has 0 amide bonds. The van der Waals surface area contributed by atoms with Crippen molar-refractivity contribution in [3.8, 4) is 28.0 Å². The van der Waals surface area contributed by atoms with Crippen LogP contribution in [0.2, 0.25) is 5.02 Å². The maximum Gasteiger partial charge on any atom is 0.307 e. The first-order valence-electron chi connectivity index (χ1n) is 16.1. The number of morpholine rings is 1. The van der Waals surface area contributed by atoms with Crippen molar-refractivity contribution in [1.29, 1.82) is 0 Å². The molecule has 0 spiro atoms. The maximum atomic E-state index is 16.6. The van der Waals surface area contributed by atoms with Crippen molar-refractivity contribution in [2.75, 3.05) is 35.2 Å². The number of aromatic hydroxyl groups is 1. The van der Waals surface area contributed by atoms with Crippen molar-refractivity contribution >= 4 is 40.9 Å². The molecule has 2 aliphatic rings. The summed E-state index contributed by atoms with van der Waals surface area (Å²) in [6, 6.07) is 8.35. The van der Waals surface area contributed by atoms with E-state index in [1.54, 1.807) is 45.0 Å². The molecule has 0 aliphatic carbocycles. The normalized spacial score (nSPS) is 16.2. The average molecular weight is 709 g/mol. The number of rotatable bonds is 8. The Kier molecular flexibility index (Phi) is 12.3. The van der Waals surface area contributed by atoms with Crippen LogP contribution in [0.4, 0.5) is 15.8 Å². The van der Waals surface area contributed by atoms with Crippen LogP contribution in [0.15, 0.2) is 66.8 Å². The predicted octanol–water partition coefficient (Wildman–Crippen LogP) is 9.03. The number of anilines is 2. The first kappa shape index (κ1) is 38.0. The van der Waals surface area contributed by atoms with Gasteiger partial charge in [0.25, 0.3) is 0 Å². The van der Waals surface area contributed by atoms with Gasteiger partial charge < -0.3 is 29.3 Å². The molecule has 3 aromatic carbocycles. The van der Waals surface area contributed by atoms with Gasteiger partial charge in [-0.05, 0) is 105 Å². The van der Waals surface area contributed by atoms with Gasteiger partial charge in [-0.2, -0.15) is 0 Å². The van der Waals surface area contributed by atoms with Crippen molar-refractivity contribution < 1.29 is 29.2 Å². The average Bonchev–Trinajstić information content (AvgIpc) is 3.03. The van der Waals surface area contributed by atoms with E-state index in [-0.39, 0.29) is 24.0 Å². The molecule has 0 saturated carbocycles. The monoisotopic (exact) mass is 708 g/mol. The fraction of sp³-hybridized carbons (Fsp3) is 0.359. The second kappa shape index (κ2) is 15.9. The summed E-state index contributed by atoms with van der Waals surface area (Å²) < 4.78 is 24.6. The zero-order valence-corrected chi connectivity index (χ0v) is 30.8. The molecule has 49 heavy (non-hydrogen) atoms. The Balaban J connectivity index is 0.00000101. The lowest BCUT2D eigenvalue weighted by molar-refractivity contribution is -0.136. The van der Waals surface area contributed by atoms with E-state index in [9.17, 15) is 15.0 Å². The first-order chi connectivity index (χ1) is 23.1. The minimum Gasteiger partial charge on any atom is -0.507 e. The molecule has 0 radical (unpaired) electrons. The summed E-state index contributed by atoms with van der Waals surface area (Å²) in [5.41, 5.74) is 7.19. The van der Waals surface area contributed by atoms with Crippen LogP contribution < -0.4 is 9.21 Å². The second-order valence-corrected chi connectivity index (χ2v) is 14.3. The predicted molar refractivity (Wildman–Crippen MR) is 201 cm³/mol. The van der Waals surface area contributed by atoms with Crippen molar-refractivity contribution in [3.63, 3.8) is 0 Å². The largest absolute Gasteiger partial charge is 0.507 e. The van der Waals surface area contributed by atoms with Gasteiger partial charge in [0.05, 0.1) is 43.5 Å². The van der Waals surface area contributed by atoms with Gasteiger partial charge in [-0.15, -0.1) is 0 Å². The van der Waals surface area contributed by atoms with Gasteiger partial charge in [0.1, 0.15) is 11.6 Å². The molecule has 3 N–H and O–H groups in total. The number of aliphatic hydroxyl groups is 1. The zero-order chi connectivity index (χ0) is 36.2. The number of halogens is 2. The number of phenols is 1. The van der Waals surface area contributed by atoms with E-state index < -0.39 is 11.6 Å². The summed E-state index contributed by atoms with van der Waals surface area (Å²) >= 11 is 7.66. The van der Waals surface area contributed by atoms with Gasteiger partial charge in [-0.3, -0.25) is 4.79 Å². The highest BCUT2D eigenvalue weighted by atomic mass is 35.5. The third-order valence-corrected chi connectivity index (χ3v) is 9.43. The fourth-order valence-corrected chi connectivity index (χ4v) is 7.34. The van der Waals surface area contributed by atoms with Gasteiger partial charge in [-0.25, -0.2) is 4.39 Å². The number of aliphatic carboxylic acids is 1. The van der Waals surface area contributed by atoms with E-state index in [0.717, 1.165) is 28.1 Å². The van der Waals surface area contributed by atoms with Crippen LogP contribution in [-0.4, -0.2) is 58.9 Å². The Bertz CT molecular complexity index is 1790. The molecule has 5 rings (SSSR count).